The maximum Gasteiger partial charge on any atom is 0.422 e. The molecule has 9 heteroatoms. The summed E-state index contributed by atoms with van der Waals surface area (Å²) in [6, 6.07) is 0. The van der Waals surface area contributed by atoms with Crippen LogP contribution in [0.3, 0.4) is 0 Å². The lowest BCUT2D eigenvalue weighted by Crippen LogP contribution is -2.22. The summed E-state index contributed by atoms with van der Waals surface area (Å²) < 4.78 is 98.4. The second kappa shape index (κ2) is 6.53. The Hall–Kier alpha value is -2.32. The van der Waals surface area contributed by atoms with Crippen LogP contribution in [-0.2, 0) is 15.7 Å². The lowest BCUT2D eigenvalue weighted by molar-refractivity contribution is -0.143. The third-order valence-electron chi connectivity index (χ3n) is 3.74. The number of esters is 1. The molecule has 0 heterocycles. The van der Waals surface area contributed by atoms with Crippen LogP contribution in [0.25, 0.3) is 0 Å². The normalized spacial score (nSPS) is 17.9. The Bertz CT molecular complexity index is 762. The van der Waals surface area contributed by atoms with Crippen LogP contribution in [0.2, 0.25) is 0 Å². The molecule has 2 rings (SSSR count). The summed E-state index contributed by atoms with van der Waals surface area (Å²) in [7, 11) is 0.978. The number of hydrogen-bond donors (Lipinski definition) is 0. The molecule has 0 bridgehead atoms. The van der Waals surface area contributed by atoms with Gasteiger partial charge in [-0.1, -0.05) is 17.7 Å². The van der Waals surface area contributed by atoms with Crippen LogP contribution >= 0.6 is 0 Å². The first-order valence-electron chi connectivity index (χ1n) is 6.89. The highest BCUT2D eigenvalue weighted by molar-refractivity contribution is 5.91. The van der Waals surface area contributed by atoms with Gasteiger partial charge in [0.1, 0.15) is 5.56 Å². The molecule has 0 fully saturated rings. The van der Waals surface area contributed by atoms with Gasteiger partial charge in [-0.2, -0.15) is 13.2 Å². The molecule has 1 aliphatic carbocycles. The summed E-state index contributed by atoms with van der Waals surface area (Å²) in [5, 5.41) is 0. The van der Waals surface area contributed by atoms with Crippen molar-refractivity contribution < 1.29 is 40.3 Å². The van der Waals surface area contributed by atoms with Crippen LogP contribution in [0, 0.1) is 23.3 Å². The SMILES string of the molecule is COC(=O)C1=CCC(C)=CC1c1c(F)c(F)c(C(F)(F)F)c(F)c1F. The molecule has 1 unspecified atom stereocenters. The molecule has 0 radical (unpaired) electrons. The number of methoxy groups -OCH3 is 1. The van der Waals surface area contributed by atoms with Gasteiger partial charge in [0.05, 0.1) is 7.11 Å². The molecular weight excluding hydrogens is 357 g/mol. The first kappa shape index (κ1) is 19.0. The Morgan fingerprint density at radius 3 is 2.04 bits per heavy atom. The van der Waals surface area contributed by atoms with E-state index in [-0.39, 0.29) is 12.0 Å². The maximum atomic E-state index is 14.2. The van der Waals surface area contributed by atoms with Crippen LogP contribution in [0.4, 0.5) is 30.7 Å². The maximum absolute atomic E-state index is 14.2. The Morgan fingerprint density at radius 2 is 1.60 bits per heavy atom. The van der Waals surface area contributed by atoms with Gasteiger partial charge >= 0.3 is 12.1 Å². The van der Waals surface area contributed by atoms with E-state index in [9.17, 15) is 35.5 Å². The standard InChI is InChI=1S/C16H11F7O2/c1-6-3-4-7(15(24)25-2)8(5-6)9-11(17)13(19)10(16(21,22)23)14(20)12(9)18/h4-5,8H,3H2,1-2H3. The van der Waals surface area contributed by atoms with Crippen molar-refractivity contribution in [3.63, 3.8) is 0 Å². The highest BCUT2D eigenvalue weighted by Crippen LogP contribution is 2.42. The van der Waals surface area contributed by atoms with E-state index in [4.69, 9.17) is 0 Å². The van der Waals surface area contributed by atoms with Gasteiger partial charge in [0.25, 0.3) is 0 Å². The van der Waals surface area contributed by atoms with E-state index in [2.05, 4.69) is 4.74 Å². The summed E-state index contributed by atoms with van der Waals surface area (Å²) in [6.45, 7) is 1.52. The van der Waals surface area contributed by atoms with Crippen molar-refractivity contribution in [1.29, 1.82) is 0 Å². The van der Waals surface area contributed by atoms with Gasteiger partial charge in [0.2, 0.25) is 0 Å². The molecule has 0 saturated carbocycles. The highest BCUT2D eigenvalue weighted by Gasteiger charge is 2.44. The molecule has 1 aromatic carbocycles. The molecule has 1 atom stereocenters. The first-order valence-corrected chi connectivity index (χ1v) is 6.89. The number of allylic oxidation sites excluding steroid dienone is 3. The van der Waals surface area contributed by atoms with Gasteiger partial charge in [-0.05, 0) is 13.3 Å². The van der Waals surface area contributed by atoms with E-state index in [0.717, 1.165) is 13.2 Å². The molecule has 1 aromatic rings. The molecule has 0 aliphatic heterocycles. The van der Waals surface area contributed by atoms with E-state index in [1.165, 1.54) is 13.0 Å². The van der Waals surface area contributed by atoms with Crippen LogP contribution < -0.4 is 0 Å². The Balaban J connectivity index is 2.76. The molecule has 2 nitrogen and oxygen atoms in total. The van der Waals surface area contributed by atoms with Crippen molar-refractivity contribution in [3.05, 3.63) is 57.7 Å². The van der Waals surface area contributed by atoms with Crippen LogP contribution in [0.1, 0.15) is 30.4 Å². The fraction of sp³-hybridized carbons (Fsp3) is 0.312. The molecule has 25 heavy (non-hydrogen) atoms. The first-order chi connectivity index (χ1) is 11.5. The topological polar surface area (TPSA) is 26.3 Å². The average molecular weight is 368 g/mol. The number of rotatable bonds is 2. The van der Waals surface area contributed by atoms with Crippen LogP contribution in [0.5, 0.6) is 0 Å². The van der Waals surface area contributed by atoms with Crippen LogP contribution in [-0.4, -0.2) is 13.1 Å². The quantitative estimate of drug-likeness (QED) is 0.325. The van der Waals surface area contributed by atoms with E-state index >= 15 is 0 Å². The fourth-order valence-corrected chi connectivity index (χ4v) is 2.58. The van der Waals surface area contributed by atoms with Gasteiger partial charge in [-0.15, -0.1) is 0 Å². The molecule has 0 aromatic heterocycles. The predicted molar refractivity (Wildman–Crippen MR) is 72.5 cm³/mol. The van der Waals surface area contributed by atoms with Crippen molar-refractivity contribution in [2.45, 2.75) is 25.4 Å². The lowest BCUT2D eigenvalue weighted by Gasteiger charge is -2.23. The monoisotopic (exact) mass is 368 g/mol. The number of hydrogen-bond acceptors (Lipinski definition) is 2. The van der Waals surface area contributed by atoms with Crippen molar-refractivity contribution in [2.75, 3.05) is 7.11 Å². The Morgan fingerprint density at radius 1 is 1.08 bits per heavy atom. The number of benzene rings is 1. The molecule has 0 spiro atoms. The average Bonchev–Trinajstić information content (AvgIpc) is 2.51. The molecule has 0 N–H and O–H groups in total. The van der Waals surface area contributed by atoms with E-state index in [0.29, 0.717) is 5.57 Å². The van der Waals surface area contributed by atoms with Crippen LogP contribution in [0.15, 0.2) is 23.3 Å². The molecule has 0 amide bonds. The number of ether oxygens (including phenoxy) is 1. The van der Waals surface area contributed by atoms with Crippen molar-refractivity contribution >= 4 is 5.97 Å². The summed E-state index contributed by atoms with van der Waals surface area (Å²) >= 11 is 0. The smallest absolute Gasteiger partial charge is 0.422 e. The number of carbonyl (C=O) groups is 1. The second-order valence-corrected chi connectivity index (χ2v) is 5.39. The van der Waals surface area contributed by atoms with Crippen molar-refractivity contribution in [2.24, 2.45) is 0 Å². The minimum absolute atomic E-state index is 0.204. The summed E-state index contributed by atoms with van der Waals surface area (Å²) in [5.41, 5.74) is -3.81. The third kappa shape index (κ3) is 3.27. The molecule has 1 aliphatic rings. The van der Waals surface area contributed by atoms with Crippen molar-refractivity contribution in [3.8, 4) is 0 Å². The zero-order chi connectivity index (χ0) is 19.1. The van der Waals surface area contributed by atoms with Gasteiger partial charge in [-0.25, -0.2) is 22.4 Å². The summed E-state index contributed by atoms with van der Waals surface area (Å²) in [5.74, 6) is -12.2. The van der Waals surface area contributed by atoms with E-state index < -0.39 is 52.5 Å². The summed E-state index contributed by atoms with van der Waals surface area (Å²) in [4.78, 5) is 11.7. The zero-order valence-corrected chi connectivity index (χ0v) is 12.9. The van der Waals surface area contributed by atoms with E-state index in [1.807, 2.05) is 0 Å². The lowest BCUT2D eigenvalue weighted by atomic mass is 9.83. The largest absolute Gasteiger partial charge is 0.466 e. The number of carbonyl (C=O) groups excluding carboxylic acids is 1. The summed E-state index contributed by atoms with van der Waals surface area (Å²) in [6.07, 6.45) is -3.05. The minimum Gasteiger partial charge on any atom is -0.466 e. The van der Waals surface area contributed by atoms with Crippen molar-refractivity contribution in [1.82, 2.24) is 0 Å². The van der Waals surface area contributed by atoms with Gasteiger partial charge < -0.3 is 4.74 Å². The zero-order valence-electron chi connectivity index (χ0n) is 12.9. The predicted octanol–water partition coefficient (Wildman–Crippen LogP) is 4.79. The van der Waals surface area contributed by atoms with Gasteiger partial charge in [0.15, 0.2) is 23.3 Å². The van der Waals surface area contributed by atoms with E-state index in [1.54, 1.807) is 0 Å². The number of halogens is 7. The molecule has 0 saturated heterocycles. The Labute approximate surface area is 137 Å². The minimum atomic E-state index is -5.63. The number of alkyl halides is 3. The fourth-order valence-electron chi connectivity index (χ4n) is 2.58. The second-order valence-electron chi connectivity index (χ2n) is 5.39. The van der Waals surface area contributed by atoms with Gasteiger partial charge in [-0.3, -0.25) is 0 Å². The molecule has 136 valence electrons. The van der Waals surface area contributed by atoms with Gasteiger partial charge in [0, 0.05) is 17.1 Å². The third-order valence-corrected chi connectivity index (χ3v) is 3.74. The molecular formula is C16H11F7O2. The Kier molecular flexibility index (Phi) is 4.97. The highest BCUT2D eigenvalue weighted by atomic mass is 19.4.